The van der Waals surface area contributed by atoms with Crippen molar-refractivity contribution in [3.05, 3.63) is 71.0 Å². The smallest absolute Gasteiger partial charge is 0.138 e. The predicted octanol–water partition coefficient (Wildman–Crippen LogP) is 9.62. The molecule has 0 atom stereocenters. The number of hydrogen-bond acceptors (Lipinski definition) is 0. The molecule has 0 unspecified atom stereocenters. The van der Waals surface area contributed by atoms with Gasteiger partial charge in [-0.05, 0) is 53.3 Å². The Morgan fingerprint density at radius 3 is 2.26 bits per heavy atom. The summed E-state index contributed by atoms with van der Waals surface area (Å²) < 4.78 is 15.2. The van der Waals surface area contributed by atoms with Crippen LogP contribution in [0.1, 0.15) is 70.3 Å². The van der Waals surface area contributed by atoms with Gasteiger partial charge in [0.1, 0.15) is 5.82 Å². The number of benzene rings is 3. The molecule has 1 aliphatic carbocycles. The highest BCUT2D eigenvalue weighted by atomic mass is 35.5. The lowest BCUT2D eigenvalue weighted by Gasteiger charge is -2.28. The minimum Gasteiger partial charge on any atom is -0.206 e. The second-order valence-electron chi connectivity index (χ2n) is 9.41. The molecule has 1 aliphatic rings. The fraction of sp³-hybridized carbons (Fsp3) is 0.448. The molecule has 0 heterocycles. The van der Waals surface area contributed by atoms with Crippen LogP contribution in [0.25, 0.3) is 21.9 Å². The van der Waals surface area contributed by atoms with Gasteiger partial charge in [0.2, 0.25) is 0 Å². The molecule has 2 heteroatoms. The molecule has 0 aliphatic heterocycles. The monoisotopic (exact) mass is 436 g/mol. The Balaban J connectivity index is 1.37. The number of fused-ring (bicyclic) bond motifs is 1. The molecule has 3 aromatic rings. The second kappa shape index (κ2) is 10.6. The van der Waals surface area contributed by atoms with Crippen LogP contribution in [0.4, 0.5) is 4.39 Å². The average Bonchev–Trinajstić information content (AvgIpc) is 2.80. The summed E-state index contributed by atoms with van der Waals surface area (Å²) in [6, 6.07) is 17.6. The van der Waals surface area contributed by atoms with Crippen molar-refractivity contribution in [2.24, 2.45) is 11.8 Å². The summed E-state index contributed by atoms with van der Waals surface area (Å²) in [4.78, 5) is 0. The molecule has 0 amide bonds. The van der Waals surface area contributed by atoms with Gasteiger partial charge in [-0.2, -0.15) is 0 Å². The van der Waals surface area contributed by atoms with E-state index in [-0.39, 0.29) is 5.82 Å². The maximum Gasteiger partial charge on any atom is 0.138 e. The number of halogens is 2. The van der Waals surface area contributed by atoms with E-state index in [1.807, 2.05) is 42.5 Å². The molecule has 0 radical (unpaired) electrons. The summed E-state index contributed by atoms with van der Waals surface area (Å²) in [6.07, 6.45) is 13.6. The Hall–Kier alpha value is -1.86. The highest BCUT2D eigenvalue weighted by Crippen LogP contribution is 2.35. The maximum absolute atomic E-state index is 15.2. The summed E-state index contributed by atoms with van der Waals surface area (Å²) in [6.45, 7) is 2.29. The van der Waals surface area contributed by atoms with Crippen molar-refractivity contribution in [3.8, 4) is 11.1 Å². The molecule has 1 fully saturated rings. The first-order chi connectivity index (χ1) is 15.1. The van der Waals surface area contributed by atoms with Crippen molar-refractivity contribution in [3.63, 3.8) is 0 Å². The highest BCUT2D eigenvalue weighted by molar-refractivity contribution is 6.30. The predicted molar refractivity (Wildman–Crippen MR) is 132 cm³/mol. The Bertz CT molecular complexity index is 984. The van der Waals surface area contributed by atoms with Gasteiger partial charge in [-0.1, -0.05) is 112 Å². The lowest BCUT2D eigenvalue weighted by molar-refractivity contribution is 0.249. The van der Waals surface area contributed by atoms with Crippen LogP contribution < -0.4 is 0 Å². The molecule has 31 heavy (non-hydrogen) atoms. The first-order valence-corrected chi connectivity index (χ1v) is 12.5. The summed E-state index contributed by atoms with van der Waals surface area (Å²) in [7, 11) is 0. The quantitative estimate of drug-likeness (QED) is 0.308. The van der Waals surface area contributed by atoms with Crippen molar-refractivity contribution in [2.75, 3.05) is 0 Å². The summed E-state index contributed by atoms with van der Waals surface area (Å²) in [5, 5.41) is 2.36. The van der Waals surface area contributed by atoms with Crippen LogP contribution in [0.15, 0.2) is 54.6 Å². The summed E-state index contributed by atoms with van der Waals surface area (Å²) in [5.74, 6) is 1.69. The van der Waals surface area contributed by atoms with Crippen molar-refractivity contribution in [2.45, 2.75) is 71.1 Å². The van der Waals surface area contributed by atoms with Crippen molar-refractivity contribution < 1.29 is 4.39 Å². The second-order valence-corrected chi connectivity index (χ2v) is 9.85. The Morgan fingerprint density at radius 1 is 0.839 bits per heavy atom. The van der Waals surface area contributed by atoms with Gasteiger partial charge in [0.25, 0.3) is 0 Å². The first kappa shape index (κ1) is 22.3. The van der Waals surface area contributed by atoms with Crippen LogP contribution in [-0.4, -0.2) is 0 Å². The molecular formula is C29H34ClF. The normalized spacial score (nSPS) is 19.1. The van der Waals surface area contributed by atoms with Gasteiger partial charge in [-0.3, -0.25) is 0 Å². The number of aryl methyl sites for hydroxylation is 1. The molecule has 4 rings (SSSR count). The topological polar surface area (TPSA) is 0 Å². The molecular weight excluding hydrogens is 403 g/mol. The Labute approximate surface area is 191 Å². The fourth-order valence-electron chi connectivity index (χ4n) is 5.21. The van der Waals surface area contributed by atoms with E-state index in [1.54, 1.807) is 0 Å². The van der Waals surface area contributed by atoms with Gasteiger partial charge in [0, 0.05) is 16.0 Å². The van der Waals surface area contributed by atoms with E-state index in [1.165, 1.54) is 63.4 Å². The van der Waals surface area contributed by atoms with Crippen LogP contribution in [-0.2, 0) is 6.42 Å². The zero-order chi connectivity index (χ0) is 21.6. The standard InChI is InChI=1S/C29H34ClF/c1-2-3-4-5-21-6-8-22(9-7-21)10-11-23-12-18-28-25(20-23)15-19-27(29(28)31)24-13-16-26(30)17-14-24/h12-22H,2-11H2,1H3. The van der Waals surface area contributed by atoms with Crippen LogP contribution in [0.5, 0.6) is 0 Å². The molecule has 0 saturated heterocycles. The van der Waals surface area contributed by atoms with E-state index >= 15 is 4.39 Å². The third kappa shape index (κ3) is 5.69. The highest BCUT2D eigenvalue weighted by Gasteiger charge is 2.20. The maximum atomic E-state index is 15.2. The largest absolute Gasteiger partial charge is 0.206 e. The van der Waals surface area contributed by atoms with Gasteiger partial charge in [-0.25, -0.2) is 4.39 Å². The minimum absolute atomic E-state index is 0.146. The third-order valence-electron chi connectivity index (χ3n) is 7.20. The minimum atomic E-state index is -0.146. The Kier molecular flexibility index (Phi) is 7.67. The van der Waals surface area contributed by atoms with E-state index < -0.39 is 0 Å². The van der Waals surface area contributed by atoms with Crippen LogP contribution in [0, 0.1) is 17.7 Å². The summed E-state index contributed by atoms with van der Waals surface area (Å²) >= 11 is 5.98. The van der Waals surface area contributed by atoms with Gasteiger partial charge in [0.05, 0.1) is 0 Å². The number of unbranched alkanes of at least 4 members (excludes halogenated alkanes) is 2. The molecule has 3 aromatic carbocycles. The molecule has 0 bridgehead atoms. The van der Waals surface area contributed by atoms with Crippen molar-refractivity contribution in [1.82, 2.24) is 0 Å². The van der Waals surface area contributed by atoms with Gasteiger partial charge in [0.15, 0.2) is 0 Å². The molecule has 0 spiro atoms. The summed E-state index contributed by atoms with van der Waals surface area (Å²) in [5.41, 5.74) is 2.82. The molecule has 0 N–H and O–H groups in total. The van der Waals surface area contributed by atoms with Crippen molar-refractivity contribution in [1.29, 1.82) is 0 Å². The van der Waals surface area contributed by atoms with Crippen LogP contribution >= 0.6 is 11.6 Å². The average molecular weight is 437 g/mol. The van der Waals surface area contributed by atoms with Gasteiger partial charge in [-0.15, -0.1) is 0 Å². The fourth-order valence-corrected chi connectivity index (χ4v) is 5.34. The van der Waals surface area contributed by atoms with Gasteiger partial charge < -0.3 is 0 Å². The zero-order valence-corrected chi connectivity index (χ0v) is 19.4. The van der Waals surface area contributed by atoms with E-state index in [9.17, 15) is 0 Å². The van der Waals surface area contributed by atoms with Gasteiger partial charge >= 0.3 is 0 Å². The van der Waals surface area contributed by atoms with E-state index in [2.05, 4.69) is 19.1 Å². The number of rotatable bonds is 8. The van der Waals surface area contributed by atoms with Crippen LogP contribution in [0.3, 0.4) is 0 Å². The molecule has 0 nitrogen and oxygen atoms in total. The lowest BCUT2D eigenvalue weighted by atomic mass is 9.77. The van der Waals surface area contributed by atoms with E-state index in [4.69, 9.17) is 11.6 Å². The van der Waals surface area contributed by atoms with Crippen LogP contribution in [0.2, 0.25) is 5.02 Å². The number of hydrogen-bond donors (Lipinski definition) is 0. The van der Waals surface area contributed by atoms with E-state index in [0.29, 0.717) is 16.0 Å². The molecule has 164 valence electrons. The zero-order valence-electron chi connectivity index (χ0n) is 18.7. The third-order valence-corrected chi connectivity index (χ3v) is 7.45. The SMILES string of the molecule is CCCCCC1CCC(CCc2ccc3c(F)c(-c4ccc(Cl)cc4)ccc3c2)CC1. The van der Waals surface area contributed by atoms with Crippen molar-refractivity contribution >= 4 is 22.4 Å². The first-order valence-electron chi connectivity index (χ1n) is 12.1. The molecule has 1 saturated carbocycles. The Morgan fingerprint density at radius 2 is 1.55 bits per heavy atom. The van der Waals surface area contributed by atoms with E-state index in [0.717, 1.165) is 29.2 Å². The lowest BCUT2D eigenvalue weighted by Crippen LogP contribution is -2.15. The molecule has 0 aromatic heterocycles.